The summed E-state index contributed by atoms with van der Waals surface area (Å²) < 4.78 is 6.91. The Morgan fingerprint density at radius 3 is 2.59 bits per heavy atom. The maximum absolute atomic E-state index is 10.1. The number of aromatic nitrogens is 2. The van der Waals surface area contributed by atoms with E-state index in [0.29, 0.717) is 12.2 Å². The summed E-state index contributed by atoms with van der Waals surface area (Å²) in [6.45, 7) is 0. The first-order valence-electron chi connectivity index (χ1n) is 5.49. The average Bonchev–Trinajstić information content (AvgIpc) is 2.76. The van der Waals surface area contributed by atoms with Gasteiger partial charge in [-0.1, -0.05) is 12.1 Å². The molecule has 2 rings (SSSR count). The molecule has 1 aromatic heterocycles. The Balaban J connectivity index is 2.07. The number of rotatable bonds is 4. The predicted octanol–water partition coefficient (Wildman–Crippen LogP) is 1.70. The van der Waals surface area contributed by atoms with E-state index in [9.17, 15) is 5.11 Å². The van der Waals surface area contributed by atoms with Gasteiger partial charge in [-0.05, 0) is 17.7 Å². The van der Waals surface area contributed by atoms with Gasteiger partial charge in [0.05, 0.1) is 7.11 Å². The van der Waals surface area contributed by atoms with E-state index < -0.39 is 6.10 Å². The van der Waals surface area contributed by atoms with Gasteiger partial charge in [0.25, 0.3) is 0 Å². The predicted molar refractivity (Wildman–Crippen MR) is 64.9 cm³/mol. The number of ether oxygens (including phenoxy) is 1. The molecule has 1 atom stereocenters. The van der Waals surface area contributed by atoms with Crippen LogP contribution in [0.3, 0.4) is 0 Å². The van der Waals surface area contributed by atoms with E-state index in [0.717, 1.165) is 11.3 Å². The van der Waals surface area contributed by atoms with E-state index in [1.165, 1.54) is 0 Å². The maximum Gasteiger partial charge on any atom is 0.137 e. The first-order chi connectivity index (χ1) is 8.20. The molecular formula is C13H16N2O2. The summed E-state index contributed by atoms with van der Waals surface area (Å²) in [5, 5.41) is 10.1. The van der Waals surface area contributed by atoms with Gasteiger partial charge < -0.3 is 14.4 Å². The molecule has 0 aliphatic carbocycles. The van der Waals surface area contributed by atoms with Crippen molar-refractivity contribution < 1.29 is 9.84 Å². The van der Waals surface area contributed by atoms with Crippen molar-refractivity contribution in [2.24, 2.45) is 7.05 Å². The fourth-order valence-corrected chi connectivity index (χ4v) is 1.77. The van der Waals surface area contributed by atoms with Crippen LogP contribution in [0.2, 0.25) is 0 Å². The normalized spacial score (nSPS) is 12.4. The molecule has 1 N–H and O–H groups in total. The molecule has 0 saturated heterocycles. The van der Waals surface area contributed by atoms with Crippen molar-refractivity contribution in [1.29, 1.82) is 0 Å². The second-order valence-corrected chi connectivity index (χ2v) is 3.96. The largest absolute Gasteiger partial charge is 0.497 e. The third kappa shape index (κ3) is 2.65. The minimum atomic E-state index is -0.580. The van der Waals surface area contributed by atoms with Crippen LogP contribution in [0.25, 0.3) is 0 Å². The lowest BCUT2D eigenvalue weighted by Gasteiger charge is -2.10. The van der Waals surface area contributed by atoms with Gasteiger partial charge >= 0.3 is 0 Å². The standard InChI is InChI=1S/C13H16N2O2/c1-15-8-7-14-13(15)12(16)9-10-3-5-11(17-2)6-4-10/h3-8,12,16H,9H2,1-2H3. The molecule has 0 saturated carbocycles. The fraction of sp³-hybridized carbons (Fsp3) is 0.308. The van der Waals surface area contributed by atoms with E-state index >= 15 is 0 Å². The van der Waals surface area contributed by atoms with Gasteiger partial charge in [0.1, 0.15) is 17.7 Å². The van der Waals surface area contributed by atoms with Crippen molar-refractivity contribution in [2.45, 2.75) is 12.5 Å². The minimum absolute atomic E-state index is 0.550. The number of aliphatic hydroxyl groups is 1. The molecule has 0 spiro atoms. The van der Waals surface area contributed by atoms with Gasteiger partial charge in [-0.3, -0.25) is 0 Å². The van der Waals surface area contributed by atoms with E-state index in [1.54, 1.807) is 13.3 Å². The van der Waals surface area contributed by atoms with Crippen molar-refractivity contribution in [3.05, 3.63) is 48.0 Å². The quantitative estimate of drug-likeness (QED) is 0.872. The van der Waals surface area contributed by atoms with Crippen LogP contribution in [0, 0.1) is 0 Å². The highest BCUT2D eigenvalue weighted by atomic mass is 16.5. The highest BCUT2D eigenvalue weighted by Gasteiger charge is 2.12. The number of aryl methyl sites for hydroxylation is 1. The van der Waals surface area contributed by atoms with Crippen molar-refractivity contribution >= 4 is 0 Å². The summed E-state index contributed by atoms with van der Waals surface area (Å²) in [7, 11) is 3.51. The molecule has 4 nitrogen and oxygen atoms in total. The van der Waals surface area contributed by atoms with Gasteiger partial charge in [-0.2, -0.15) is 0 Å². The van der Waals surface area contributed by atoms with Crippen LogP contribution >= 0.6 is 0 Å². The molecule has 4 heteroatoms. The average molecular weight is 232 g/mol. The Morgan fingerprint density at radius 2 is 2.06 bits per heavy atom. The van der Waals surface area contributed by atoms with Crippen molar-refractivity contribution in [3.8, 4) is 5.75 Å². The van der Waals surface area contributed by atoms with E-state index in [4.69, 9.17) is 4.74 Å². The molecule has 0 amide bonds. The molecule has 1 heterocycles. The Hall–Kier alpha value is -1.81. The molecule has 0 bridgehead atoms. The zero-order valence-corrected chi connectivity index (χ0v) is 10.00. The third-order valence-electron chi connectivity index (χ3n) is 2.74. The zero-order valence-electron chi connectivity index (χ0n) is 10.00. The van der Waals surface area contributed by atoms with Crippen LogP contribution in [-0.2, 0) is 13.5 Å². The Bertz CT molecular complexity index is 476. The summed E-state index contributed by atoms with van der Waals surface area (Å²) >= 11 is 0. The minimum Gasteiger partial charge on any atom is -0.497 e. The van der Waals surface area contributed by atoms with Crippen LogP contribution in [0.5, 0.6) is 5.75 Å². The van der Waals surface area contributed by atoms with Crippen LogP contribution in [0.1, 0.15) is 17.5 Å². The number of hydrogen-bond acceptors (Lipinski definition) is 3. The smallest absolute Gasteiger partial charge is 0.137 e. The SMILES string of the molecule is COc1ccc(CC(O)c2nccn2C)cc1. The Kier molecular flexibility index (Phi) is 3.44. The van der Waals surface area contributed by atoms with E-state index in [1.807, 2.05) is 42.1 Å². The zero-order chi connectivity index (χ0) is 12.3. The van der Waals surface area contributed by atoms with Crippen LogP contribution in [0.15, 0.2) is 36.7 Å². The molecule has 0 radical (unpaired) electrons. The summed E-state index contributed by atoms with van der Waals surface area (Å²) in [6.07, 6.45) is 3.48. The molecule has 90 valence electrons. The summed E-state index contributed by atoms with van der Waals surface area (Å²) in [6, 6.07) is 7.68. The lowest BCUT2D eigenvalue weighted by Crippen LogP contribution is -2.08. The number of nitrogens with zero attached hydrogens (tertiary/aromatic N) is 2. The van der Waals surface area contributed by atoms with Crippen molar-refractivity contribution in [1.82, 2.24) is 9.55 Å². The lowest BCUT2D eigenvalue weighted by atomic mass is 10.1. The molecular weight excluding hydrogens is 216 g/mol. The maximum atomic E-state index is 10.1. The monoisotopic (exact) mass is 232 g/mol. The summed E-state index contributed by atoms with van der Waals surface area (Å²) in [4.78, 5) is 4.13. The summed E-state index contributed by atoms with van der Waals surface area (Å²) in [5.41, 5.74) is 1.06. The fourth-order valence-electron chi connectivity index (χ4n) is 1.77. The van der Waals surface area contributed by atoms with Crippen molar-refractivity contribution in [2.75, 3.05) is 7.11 Å². The molecule has 1 aromatic carbocycles. The summed E-state index contributed by atoms with van der Waals surface area (Å²) in [5.74, 6) is 1.50. The van der Waals surface area contributed by atoms with E-state index in [2.05, 4.69) is 4.98 Å². The number of imidazole rings is 1. The molecule has 1 unspecified atom stereocenters. The number of methoxy groups -OCH3 is 1. The highest BCUT2D eigenvalue weighted by Crippen LogP contribution is 2.18. The van der Waals surface area contributed by atoms with Gasteiger partial charge in [0, 0.05) is 25.9 Å². The van der Waals surface area contributed by atoms with Crippen molar-refractivity contribution in [3.63, 3.8) is 0 Å². The van der Waals surface area contributed by atoms with Gasteiger partial charge in [0.2, 0.25) is 0 Å². The van der Waals surface area contributed by atoms with Crippen LogP contribution in [-0.4, -0.2) is 21.8 Å². The molecule has 17 heavy (non-hydrogen) atoms. The van der Waals surface area contributed by atoms with Gasteiger partial charge in [-0.15, -0.1) is 0 Å². The first kappa shape index (κ1) is 11.7. The third-order valence-corrected chi connectivity index (χ3v) is 2.74. The number of benzene rings is 1. The Labute approximate surface area is 100 Å². The number of aliphatic hydroxyl groups excluding tert-OH is 1. The number of hydrogen-bond donors (Lipinski definition) is 1. The first-order valence-corrected chi connectivity index (χ1v) is 5.49. The topological polar surface area (TPSA) is 47.3 Å². The molecule has 0 aliphatic rings. The Morgan fingerprint density at radius 1 is 1.35 bits per heavy atom. The second kappa shape index (κ2) is 5.01. The van der Waals surface area contributed by atoms with Gasteiger partial charge in [-0.25, -0.2) is 4.98 Å². The van der Waals surface area contributed by atoms with Crippen LogP contribution in [0.4, 0.5) is 0 Å². The van der Waals surface area contributed by atoms with Crippen LogP contribution < -0.4 is 4.74 Å². The van der Waals surface area contributed by atoms with Gasteiger partial charge in [0.15, 0.2) is 0 Å². The molecule has 0 aliphatic heterocycles. The molecule has 2 aromatic rings. The molecule has 0 fully saturated rings. The van der Waals surface area contributed by atoms with E-state index in [-0.39, 0.29) is 0 Å². The lowest BCUT2D eigenvalue weighted by molar-refractivity contribution is 0.165. The highest BCUT2D eigenvalue weighted by molar-refractivity contribution is 5.27. The second-order valence-electron chi connectivity index (χ2n) is 3.96.